The normalized spacial score (nSPS) is 24.1. The van der Waals surface area contributed by atoms with Gasteiger partial charge in [0.2, 0.25) is 17.7 Å². The summed E-state index contributed by atoms with van der Waals surface area (Å²) in [7, 11) is 0. The van der Waals surface area contributed by atoms with Gasteiger partial charge in [0.25, 0.3) is 0 Å². The molecule has 134 valence electrons. The lowest BCUT2D eigenvalue weighted by Crippen LogP contribution is -2.47. The molecule has 0 aromatic carbocycles. The lowest BCUT2D eigenvalue weighted by Gasteiger charge is -2.36. The van der Waals surface area contributed by atoms with Crippen molar-refractivity contribution in [2.75, 3.05) is 13.1 Å². The van der Waals surface area contributed by atoms with Gasteiger partial charge in [-0.2, -0.15) is 0 Å². The number of amides is 1. The van der Waals surface area contributed by atoms with Crippen LogP contribution in [0.5, 0.6) is 0 Å². The number of fused-ring (bicyclic) bond motifs is 4. The molecule has 0 radical (unpaired) electrons. The van der Waals surface area contributed by atoms with Gasteiger partial charge in [0, 0.05) is 31.6 Å². The third kappa shape index (κ3) is 3.06. The molecule has 2 aromatic rings. The molecule has 2 aromatic heterocycles. The third-order valence-electron chi connectivity index (χ3n) is 5.31. The van der Waals surface area contributed by atoms with Crippen LogP contribution in [0.4, 0.5) is 0 Å². The summed E-state index contributed by atoms with van der Waals surface area (Å²) in [6.07, 6.45) is 1.97. The van der Waals surface area contributed by atoms with Crippen LogP contribution < -0.4 is 0 Å². The molecule has 0 saturated carbocycles. The van der Waals surface area contributed by atoms with Crippen molar-refractivity contribution in [3.8, 4) is 0 Å². The van der Waals surface area contributed by atoms with Gasteiger partial charge in [-0.15, -0.1) is 10.2 Å². The zero-order chi connectivity index (χ0) is 17.6. The van der Waals surface area contributed by atoms with Gasteiger partial charge in [-0.05, 0) is 26.7 Å². The summed E-state index contributed by atoms with van der Waals surface area (Å²) in [6, 6.07) is 0.198. The van der Waals surface area contributed by atoms with E-state index in [0.717, 1.165) is 42.9 Å². The number of carbonyl (C=O) groups excluding carboxylic acids is 1. The maximum Gasteiger partial charge on any atom is 0.230 e. The van der Waals surface area contributed by atoms with E-state index in [1.165, 1.54) is 0 Å². The molecule has 8 nitrogen and oxygen atoms in total. The molecule has 8 heteroatoms. The molecule has 0 aliphatic carbocycles. The predicted octanol–water partition coefficient (Wildman–Crippen LogP) is 1.61. The second kappa shape index (κ2) is 6.25. The van der Waals surface area contributed by atoms with Crippen molar-refractivity contribution in [1.82, 2.24) is 25.2 Å². The van der Waals surface area contributed by atoms with E-state index in [-0.39, 0.29) is 17.9 Å². The van der Waals surface area contributed by atoms with E-state index in [0.29, 0.717) is 24.9 Å². The number of carbonyl (C=O) groups is 1. The van der Waals surface area contributed by atoms with E-state index in [2.05, 4.69) is 20.3 Å². The number of hydrogen-bond donors (Lipinski definition) is 0. The third-order valence-corrected chi connectivity index (χ3v) is 5.31. The van der Waals surface area contributed by atoms with Gasteiger partial charge in [-0.25, -0.2) is 0 Å². The Morgan fingerprint density at radius 3 is 2.64 bits per heavy atom. The van der Waals surface area contributed by atoms with Crippen LogP contribution in [-0.4, -0.2) is 50.2 Å². The van der Waals surface area contributed by atoms with Crippen molar-refractivity contribution in [1.29, 1.82) is 0 Å². The summed E-state index contributed by atoms with van der Waals surface area (Å²) in [6.45, 7) is 8.37. The molecule has 2 atom stereocenters. The first-order valence-corrected chi connectivity index (χ1v) is 8.75. The lowest BCUT2D eigenvalue weighted by atomic mass is 9.93. The van der Waals surface area contributed by atoms with Gasteiger partial charge >= 0.3 is 0 Å². The van der Waals surface area contributed by atoms with Crippen LogP contribution in [-0.2, 0) is 17.9 Å². The summed E-state index contributed by atoms with van der Waals surface area (Å²) < 4.78 is 10.8. The Balaban J connectivity index is 1.52. The van der Waals surface area contributed by atoms with Gasteiger partial charge in [0.1, 0.15) is 5.76 Å². The van der Waals surface area contributed by atoms with E-state index in [1.807, 2.05) is 18.7 Å². The first-order valence-electron chi connectivity index (χ1n) is 8.75. The summed E-state index contributed by atoms with van der Waals surface area (Å²) in [5.41, 5.74) is 1.89. The van der Waals surface area contributed by atoms with Crippen LogP contribution in [0, 0.1) is 26.7 Å². The molecule has 3 aliphatic heterocycles. The highest BCUT2D eigenvalue weighted by Crippen LogP contribution is 2.31. The van der Waals surface area contributed by atoms with Crippen LogP contribution in [0.25, 0.3) is 0 Å². The van der Waals surface area contributed by atoms with E-state index in [4.69, 9.17) is 8.94 Å². The van der Waals surface area contributed by atoms with Crippen molar-refractivity contribution in [2.45, 2.75) is 52.7 Å². The minimum atomic E-state index is 0.0308. The minimum absolute atomic E-state index is 0.0308. The molecule has 5 rings (SSSR count). The quantitative estimate of drug-likeness (QED) is 0.831. The van der Waals surface area contributed by atoms with Crippen molar-refractivity contribution in [3.63, 3.8) is 0 Å². The average molecular weight is 345 g/mol. The highest BCUT2D eigenvalue weighted by atomic mass is 16.5. The number of piperidine rings is 1. The molecule has 0 N–H and O–H groups in total. The smallest absolute Gasteiger partial charge is 0.230 e. The van der Waals surface area contributed by atoms with E-state index in [1.54, 1.807) is 6.92 Å². The highest BCUT2D eigenvalue weighted by Gasteiger charge is 2.41. The molecule has 0 unspecified atom stereocenters. The van der Waals surface area contributed by atoms with Gasteiger partial charge in [0.05, 0.1) is 24.7 Å². The minimum Gasteiger partial charge on any atom is -0.424 e. The molecule has 2 bridgehead atoms. The summed E-state index contributed by atoms with van der Waals surface area (Å²) in [4.78, 5) is 17.2. The molecule has 3 saturated heterocycles. The molecule has 3 fully saturated rings. The van der Waals surface area contributed by atoms with Crippen LogP contribution in [0.2, 0.25) is 0 Å². The number of aryl methyl sites for hydroxylation is 3. The molecular formula is C17H23N5O3. The molecular weight excluding hydrogens is 322 g/mol. The Kier molecular flexibility index (Phi) is 4.07. The molecule has 3 aliphatic rings. The topological polar surface area (TPSA) is 88.5 Å². The standard InChI is InChI=1S/C17H23N5O3/c1-10-15(11(2)25-20-10)8-22-14-5-4-13(17(22)23)6-21(7-14)9-16-19-18-12(3)24-16/h13-14H,4-9H2,1-3H3/t13-,14+/m0/s1. The number of hydrogen-bond acceptors (Lipinski definition) is 7. The van der Waals surface area contributed by atoms with Gasteiger partial charge in [-0.3, -0.25) is 9.69 Å². The van der Waals surface area contributed by atoms with Crippen molar-refractivity contribution < 1.29 is 13.7 Å². The second-order valence-electron chi connectivity index (χ2n) is 7.11. The van der Waals surface area contributed by atoms with Crippen LogP contribution in [0.15, 0.2) is 8.94 Å². The van der Waals surface area contributed by atoms with E-state index in [9.17, 15) is 4.79 Å². The zero-order valence-electron chi connectivity index (χ0n) is 14.9. The molecule has 5 heterocycles. The highest BCUT2D eigenvalue weighted by molar-refractivity contribution is 5.80. The monoisotopic (exact) mass is 345 g/mol. The Labute approximate surface area is 146 Å². The predicted molar refractivity (Wildman–Crippen MR) is 87.4 cm³/mol. The second-order valence-corrected chi connectivity index (χ2v) is 7.11. The number of nitrogens with zero attached hydrogens (tertiary/aromatic N) is 5. The first-order chi connectivity index (χ1) is 12.0. The molecule has 0 spiro atoms. The molecule has 25 heavy (non-hydrogen) atoms. The fourth-order valence-corrected chi connectivity index (χ4v) is 3.96. The van der Waals surface area contributed by atoms with Crippen LogP contribution >= 0.6 is 0 Å². The number of aromatic nitrogens is 3. The van der Waals surface area contributed by atoms with Gasteiger partial charge in [-0.1, -0.05) is 5.16 Å². The largest absolute Gasteiger partial charge is 0.424 e. The van der Waals surface area contributed by atoms with Crippen LogP contribution in [0.1, 0.15) is 41.6 Å². The van der Waals surface area contributed by atoms with Crippen molar-refractivity contribution >= 4 is 5.91 Å². The summed E-state index contributed by atoms with van der Waals surface area (Å²) >= 11 is 0. The van der Waals surface area contributed by atoms with Crippen molar-refractivity contribution in [2.24, 2.45) is 5.92 Å². The Morgan fingerprint density at radius 1 is 1.12 bits per heavy atom. The fraction of sp³-hybridized carbons (Fsp3) is 0.647. The van der Waals surface area contributed by atoms with E-state index >= 15 is 0 Å². The SMILES string of the molecule is Cc1nnc(CN2C[C@@H]3CC[C@H](C2)N(Cc2c(C)noc2C)C3=O)o1. The van der Waals surface area contributed by atoms with Gasteiger partial charge < -0.3 is 13.8 Å². The lowest BCUT2D eigenvalue weighted by molar-refractivity contribution is -0.140. The van der Waals surface area contributed by atoms with E-state index < -0.39 is 0 Å². The molecule has 1 amide bonds. The number of rotatable bonds is 4. The average Bonchev–Trinajstić information content (AvgIpc) is 3.00. The zero-order valence-corrected chi connectivity index (χ0v) is 14.9. The Bertz CT molecular complexity index is 764. The maximum absolute atomic E-state index is 13.0. The summed E-state index contributed by atoms with van der Waals surface area (Å²) in [5.74, 6) is 2.25. The fourth-order valence-electron chi connectivity index (χ4n) is 3.96. The maximum atomic E-state index is 13.0. The Hall–Kier alpha value is -2.22. The summed E-state index contributed by atoms with van der Waals surface area (Å²) in [5, 5.41) is 12.0. The first kappa shape index (κ1) is 16.3. The van der Waals surface area contributed by atoms with Gasteiger partial charge in [0.15, 0.2) is 0 Å². The van der Waals surface area contributed by atoms with Crippen LogP contribution in [0.3, 0.4) is 0 Å². The van der Waals surface area contributed by atoms with Crippen molar-refractivity contribution in [3.05, 3.63) is 28.8 Å². The Morgan fingerprint density at radius 2 is 1.96 bits per heavy atom.